The van der Waals surface area contributed by atoms with Crippen LogP contribution in [-0.2, 0) is 14.3 Å². The fourth-order valence-corrected chi connectivity index (χ4v) is 6.74. The lowest BCUT2D eigenvalue weighted by Crippen LogP contribution is -2.41. The Morgan fingerprint density at radius 1 is 1.50 bits per heavy atom. The van der Waals surface area contributed by atoms with Crippen molar-refractivity contribution in [2.45, 2.75) is 44.5 Å². The zero-order valence-electron chi connectivity index (χ0n) is 9.64. The van der Waals surface area contributed by atoms with E-state index in [0.29, 0.717) is 6.42 Å². The van der Waals surface area contributed by atoms with Crippen molar-refractivity contribution in [3.63, 3.8) is 0 Å². The van der Waals surface area contributed by atoms with Crippen LogP contribution >= 0.6 is 0 Å². The van der Waals surface area contributed by atoms with Gasteiger partial charge in [-0.3, -0.25) is 4.18 Å². The standard InChI is InChI=1S/C11H18O4S/c1-3-11-5-10(6-12)4-8(11)16(13,14)15-9(11)7(10)2/h7-9,12H,3-6H2,1-2H3. The molecule has 5 atom stereocenters. The van der Waals surface area contributed by atoms with Crippen molar-refractivity contribution in [2.75, 3.05) is 6.61 Å². The first kappa shape index (κ1) is 11.0. The molecule has 2 saturated carbocycles. The summed E-state index contributed by atoms with van der Waals surface area (Å²) in [6, 6.07) is 0. The molecule has 0 spiro atoms. The number of aliphatic hydroxyl groups excluding tert-OH is 1. The highest BCUT2D eigenvalue weighted by molar-refractivity contribution is 7.87. The Morgan fingerprint density at radius 2 is 2.19 bits per heavy atom. The smallest absolute Gasteiger partial charge is 0.271 e. The first-order valence-electron chi connectivity index (χ1n) is 5.95. The lowest BCUT2D eigenvalue weighted by molar-refractivity contribution is 0.0298. The summed E-state index contributed by atoms with van der Waals surface area (Å²) in [5, 5.41) is 9.23. The van der Waals surface area contributed by atoms with Crippen molar-refractivity contribution in [3.05, 3.63) is 0 Å². The summed E-state index contributed by atoms with van der Waals surface area (Å²) in [7, 11) is -3.39. The SMILES string of the molecule is CCC12CC3(CO)CC1S(=O)(=O)OC2C3C. The fraction of sp³-hybridized carbons (Fsp3) is 1.00. The third kappa shape index (κ3) is 0.924. The summed E-state index contributed by atoms with van der Waals surface area (Å²) in [6.45, 7) is 4.15. The van der Waals surface area contributed by atoms with Gasteiger partial charge in [-0.15, -0.1) is 0 Å². The maximum Gasteiger partial charge on any atom is 0.271 e. The first-order valence-corrected chi connectivity index (χ1v) is 7.42. The van der Waals surface area contributed by atoms with Crippen LogP contribution in [0.3, 0.4) is 0 Å². The molecule has 1 saturated heterocycles. The second-order valence-electron chi connectivity index (χ2n) is 5.78. The minimum absolute atomic E-state index is 0.0851. The monoisotopic (exact) mass is 246 g/mol. The van der Waals surface area contributed by atoms with E-state index in [9.17, 15) is 13.5 Å². The molecule has 1 aliphatic heterocycles. The molecule has 5 unspecified atom stereocenters. The van der Waals surface area contributed by atoms with E-state index in [1.807, 2.05) is 13.8 Å². The highest BCUT2D eigenvalue weighted by Crippen LogP contribution is 2.71. The molecule has 5 heteroatoms. The molecule has 4 nitrogen and oxygen atoms in total. The normalized spacial score (nSPS) is 57.1. The predicted octanol–water partition coefficient (Wildman–Crippen LogP) is 0.902. The van der Waals surface area contributed by atoms with Crippen LogP contribution in [0.2, 0.25) is 0 Å². The average Bonchev–Trinajstić information content (AvgIpc) is 2.76. The molecule has 0 amide bonds. The number of hydrogen-bond donors (Lipinski definition) is 1. The van der Waals surface area contributed by atoms with Crippen molar-refractivity contribution in [3.8, 4) is 0 Å². The maximum absolute atomic E-state index is 11.9. The number of rotatable bonds is 2. The molecule has 0 radical (unpaired) electrons. The van der Waals surface area contributed by atoms with Crippen LogP contribution < -0.4 is 0 Å². The molecular weight excluding hydrogens is 228 g/mol. The summed E-state index contributed by atoms with van der Waals surface area (Å²) in [5.41, 5.74) is -0.435. The van der Waals surface area contributed by atoms with E-state index in [0.717, 1.165) is 12.8 Å². The van der Waals surface area contributed by atoms with Gasteiger partial charge in [-0.1, -0.05) is 13.8 Å². The van der Waals surface area contributed by atoms with Crippen LogP contribution in [-0.4, -0.2) is 31.5 Å². The van der Waals surface area contributed by atoms with Gasteiger partial charge in [0.2, 0.25) is 0 Å². The Morgan fingerprint density at radius 3 is 2.69 bits per heavy atom. The molecule has 3 rings (SSSR count). The van der Waals surface area contributed by atoms with Crippen LogP contribution in [0.1, 0.15) is 33.1 Å². The van der Waals surface area contributed by atoms with E-state index in [2.05, 4.69) is 0 Å². The minimum atomic E-state index is -3.39. The molecule has 1 heterocycles. The number of fused-ring (bicyclic) bond motifs is 1. The van der Waals surface area contributed by atoms with Gasteiger partial charge in [0.05, 0.1) is 11.4 Å². The molecular formula is C11H18O4S. The summed E-state index contributed by atoms with van der Waals surface area (Å²) < 4.78 is 29.2. The quantitative estimate of drug-likeness (QED) is 0.735. The van der Waals surface area contributed by atoms with Crippen LogP contribution in [0.5, 0.6) is 0 Å². The van der Waals surface area contributed by atoms with Gasteiger partial charge in [-0.25, -0.2) is 0 Å². The molecule has 0 aromatic rings. The van der Waals surface area contributed by atoms with Crippen molar-refractivity contribution >= 4 is 10.1 Å². The Bertz CT molecular complexity index is 431. The largest absolute Gasteiger partial charge is 0.396 e. The molecule has 0 aromatic heterocycles. The average molecular weight is 246 g/mol. The second-order valence-corrected chi connectivity index (χ2v) is 7.52. The third-order valence-corrected chi connectivity index (χ3v) is 7.27. The Labute approximate surface area is 96.1 Å². The van der Waals surface area contributed by atoms with Crippen molar-refractivity contribution in [1.82, 2.24) is 0 Å². The van der Waals surface area contributed by atoms with Crippen LogP contribution in [0, 0.1) is 16.7 Å². The topological polar surface area (TPSA) is 63.6 Å². The second kappa shape index (κ2) is 2.82. The van der Waals surface area contributed by atoms with E-state index in [1.165, 1.54) is 0 Å². The highest BCUT2D eigenvalue weighted by Gasteiger charge is 2.75. The summed E-state index contributed by atoms with van der Waals surface area (Å²) >= 11 is 0. The zero-order valence-corrected chi connectivity index (χ0v) is 10.5. The van der Waals surface area contributed by atoms with Gasteiger partial charge in [0, 0.05) is 17.4 Å². The van der Waals surface area contributed by atoms with Crippen LogP contribution in [0.25, 0.3) is 0 Å². The molecule has 92 valence electrons. The maximum atomic E-state index is 11.9. The fourth-order valence-electron chi connectivity index (χ4n) is 4.46. The van der Waals surface area contributed by atoms with Crippen molar-refractivity contribution in [1.29, 1.82) is 0 Å². The van der Waals surface area contributed by atoms with Gasteiger partial charge in [0.25, 0.3) is 10.1 Å². The summed E-state index contributed by atoms with van der Waals surface area (Å²) in [5.74, 6) is 0.144. The van der Waals surface area contributed by atoms with Gasteiger partial charge < -0.3 is 5.11 Å². The van der Waals surface area contributed by atoms with Gasteiger partial charge in [0.1, 0.15) is 0 Å². The Kier molecular flexibility index (Phi) is 1.93. The van der Waals surface area contributed by atoms with E-state index in [1.54, 1.807) is 0 Å². The van der Waals surface area contributed by atoms with Gasteiger partial charge in [-0.05, 0) is 25.2 Å². The first-order chi connectivity index (χ1) is 7.42. The molecule has 3 aliphatic rings. The molecule has 2 bridgehead atoms. The summed E-state index contributed by atoms with van der Waals surface area (Å²) in [4.78, 5) is 0. The number of hydrogen-bond acceptors (Lipinski definition) is 4. The van der Waals surface area contributed by atoms with Crippen molar-refractivity contribution in [2.24, 2.45) is 16.7 Å². The molecule has 1 N–H and O–H groups in total. The molecule has 2 aliphatic carbocycles. The lowest BCUT2D eigenvalue weighted by atomic mass is 9.72. The highest BCUT2D eigenvalue weighted by atomic mass is 32.2. The van der Waals surface area contributed by atoms with Crippen LogP contribution in [0.4, 0.5) is 0 Å². The van der Waals surface area contributed by atoms with Gasteiger partial charge in [0.15, 0.2) is 0 Å². The van der Waals surface area contributed by atoms with Gasteiger partial charge >= 0.3 is 0 Å². The Balaban J connectivity index is 2.17. The molecule has 0 aromatic carbocycles. The third-order valence-electron chi connectivity index (χ3n) is 5.46. The predicted molar refractivity (Wildman–Crippen MR) is 58.2 cm³/mol. The zero-order chi connectivity index (χ0) is 11.8. The molecule has 16 heavy (non-hydrogen) atoms. The van der Waals surface area contributed by atoms with E-state index in [4.69, 9.17) is 4.18 Å². The minimum Gasteiger partial charge on any atom is -0.396 e. The van der Waals surface area contributed by atoms with Gasteiger partial charge in [-0.2, -0.15) is 8.42 Å². The molecule has 3 fully saturated rings. The number of aliphatic hydroxyl groups is 1. The Hall–Kier alpha value is -0.130. The van der Waals surface area contributed by atoms with E-state index >= 15 is 0 Å². The summed E-state index contributed by atoms with van der Waals surface area (Å²) in [6.07, 6.45) is 2.02. The van der Waals surface area contributed by atoms with Crippen molar-refractivity contribution < 1.29 is 17.7 Å². The van der Waals surface area contributed by atoms with E-state index < -0.39 is 10.1 Å². The van der Waals surface area contributed by atoms with E-state index in [-0.39, 0.29) is 34.7 Å². The van der Waals surface area contributed by atoms with Crippen LogP contribution in [0.15, 0.2) is 0 Å². The lowest BCUT2D eigenvalue weighted by Gasteiger charge is -2.35.